The molecular weight excluding hydrogens is 235 g/mol. The summed E-state index contributed by atoms with van der Waals surface area (Å²) in [6.45, 7) is 3.93. The van der Waals surface area contributed by atoms with Crippen molar-refractivity contribution in [2.45, 2.75) is 13.3 Å². The minimum atomic E-state index is -0.166. The Morgan fingerprint density at radius 1 is 1.53 bits per heavy atom. The summed E-state index contributed by atoms with van der Waals surface area (Å²) in [6, 6.07) is 6.75. The van der Waals surface area contributed by atoms with E-state index in [0.717, 1.165) is 36.0 Å². The van der Waals surface area contributed by atoms with Crippen molar-refractivity contribution in [2.75, 3.05) is 18.8 Å². The maximum atomic E-state index is 12.9. The topological polar surface area (TPSA) is 24.4 Å². The SMILES string of the molecule is CC1CN=C(NCCc2cccc(F)c2)SC1. The average Bonchev–Trinajstić information content (AvgIpc) is 2.32. The van der Waals surface area contributed by atoms with Gasteiger partial charge < -0.3 is 5.32 Å². The molecule has 0 saturated carbocycles. The van der Waals surface area contributed by atoms with Gasteiger partial charge in [0.15, 0.2) is 5.17 Å². The molecule has 0 amide bonds. The fraction of sp³-hybridized carbons (Fsp3) is 0.462. The number of amidine groups is 1. The number of rotatable bonds is 3. The van der Waals surface area contributed by atoms with Gasteiger partial charge in [0.1, 0.15) is 5.82 Å². The maximum Gasteiger partial charge on any atom is 0.156 e. The third-order valence-corrected chi connectivity index (χ3v) is 3.91. The molecule has 0 spiro atoms. The predicted octanol–water partition coefficient (Wildman–Crippen LogP) is 2.70. The molecule has 1 aromatic carbocycles. The molecule has 0 bridgehead atoms. The van der Waals surface area contributed by atoms with Crippen molar-refractivity contribution in [1.82, 2.24) is 5.32 Å². The van der Waals surface area contributed by atoms with E-state index in [2.05, 4.69) is 17.2 Å². The summed E-state index contributed by atoms with van der Waals surface area (Å²) in [6.07, 6.45) is 0.826. The van der Waals surface area contributed by atoms with Gasteiger partial charge in [-0.1, -0.05) is 30.8 Å². The minimum Gasteiger partial charge on any atom is -0.365 e. The Kier molecular flexibility index (Phi) is 4.42. The Bertz CT molecular complexity index is 406. The zero-order valence-electron chi connectivity index (χ0n) is 9.95. The molecule has 0 aliphatic carbocycles. The van der Waals surface area contributed by atoms with Gasteiger partial charge in [0.2, 0.25) is 0 Å². The standard InChI is InChI=1S/C13H17FN2S/c1-10-8-16-13(17-9-10)15-6-5-11-3-2-4-12(14)7-11/h2-4,7,10H,5-6,8-9H2,1H3,(H,15,16). The first-order valence-corrected chi connectivity index (χ1v) is 6.88. The van der Waals surface area contributed by atoms with E-state index < -0.39 is 0 Å². The predicted molar refractivity (Wildman–Crippen MR) is 72.0 cm³/mol. The molecule has 1 unspecified atom stereocenters. The van der Waals surface area contributed by atoms with E-state index in [4.69, 9.17) is 0 Å². The molecule has 1 aromatic rings. The highest BCUT2D eigenvalue weighted by atomic mass is 32.2. The summed E-state index contributed by atoms with van der Waals surface area (Å²) >= 11 is 1.77. The van der Waals surface area contributed by atoms with Crippen LogP contribution in [0.5, 0.6) is 0 Å². The Labute approximate surface area is 106 Å². The summed E-state index contributed by atoms with van der Waals surface area (Å²) in [5.74, 6) is 1.64. The van der Waals surface area contributed by atoms with Crippen LogP contribution in [-0.2, 0) is 6.42 Å². The first-order chi connectivity index (χ1) is 8.24. The van der Waals surface area contributed by atoms with Crippen molar-refractivity contribution < 1.29 is 4.39 Å². The zero-order chi connectivity index (χ0) is 12.1. The number of aliphatic imine (C=N–C) groups is 1. The maximum absolute atomic E-state index is 12.9. The normalized spacial score (nSPS) is 19.9. The second-order valence-electron chi connectivity index (χ2n) is 4.37. The largest absolute Gasteiger partial charge is 0.365 e. The number of halogens is 1. The number of benzene rings is 1. The van der Waals surface area contributed by atoms with Crippen molar-refractivity contribution in [2.24, 2.45) is 10.9 Å². The van der Waals surface area contributed by atoms with Crippen molar-refractivity contribution in [3.63, 3.8) is 0 Å². The van der Waals surface area contributed by atoms with E-state index in [-0.39, 0.29) is 5.82 Å². The molecule has 1 aliphatic rings. The van der Waals surface area contributed by atoms with Crippen LogP contribution in [0.1, 0.15) is 12.5 Å². The molecule has 92 valence electrons. The van der Waals surface area contributed by atoms with Crippen LogP contribution in [0, 0.1) is 11.7 Å². The molecule has 0 saturated heterocycles. The lowest BCUT2D eigenvalue weighted by Gasteiger charge is -2.17. The molecule has 1 aliphatic heterocycles. The Morgan fingerprint density at radius 2 is 2.41 bits per heavy atom. The average molecular weight is 252 g/mol. The van der Waals surface area contributed by atoms with Gasteiger partial charge in [-0.3, -0.25) is 4.99 Å². The summed E-state index contributed by atoms with van der Waals surface area (Å²) in [5.41, 5.74) is 1.02. The number of hydrogen-bond acceptors (Lipinski definition) is 3. The van der Waals surface area contributed by atoms with Gasteiger partial charge in [-0.25, -0.2) is 4.39 Å². The fourth-order valence-electron chi connectivity index (χ4n) is 1.67. The molecule has 1 heterocycles. The molecule has 1 atom stereocenters. The van der Waals surface area contributed by atoms with Crippen LogP contribution in [0.25, 0.3) is 0 Å². The lowest BCUT2D eigenvalue weighted by molar-refractivity contribution is 0.625. The second-order valence-corrected chi connectivity index (χ2v) is 5.38. The Morgan fingerprint density at radius 3 is 3.12 bits per heavy atom. The summed E-state index contributed by atoms with van der Waals surface area (Å²) in [7, 11) is 0. The van der Waals surface area contributed by atoms with Gasteiger partial charge in [0.05, 0.1) is 0 Å². The van der Waals surface area contributed by atoms with E-state index in [9.17, 15) is 4.39 Å². The van der Waals surface area contributed by atoms with E-state index in [0.29, 0.717) is 5.92 Å². The molecule has 0 fully saturated rings. The summed E-state index contributed by atoms with van der Waals surface area (Å²) in [4.78, 5) is 4.45. The van der Waals surface area contributed by atoms with Crippen LogP contribution in [0.2, 0.25) is 0 Å². The highest BCUT2D eigenvalue weighted by Gasteiger charge is 2.11. The smallest absolute Gasteiger partial charge is 0.156 e. The summed E-state index contributed by atoms with van der Waals surface area (Å²) in [5, 5.41) is 4.33. The molecule has 17 heavy (non-hydrogen) atoms. The second kappa shape index (κ2) is 6.05. The van der Waals surface area contributed by atoms with Crippen LogP contribution in [0.15, 0.2) is 29.3 Å². The lowest BCUT2D eigenvalue weighted by atomic mass is 10.1. The van der Waals surface area contributed by atoms with Crippen LogP contribution in [0.3, 0.4) is 0 Å². The van der Waals surface area contributed by atoms with Crippen molar-refractivity contribution in [1.29, 1.82) is 0 Å². The van der Waals surface area contributed by atoms with Crippen LogP contribution < -0.4 is 5.32 Å². The van der Waals surface area contributed by atoms with Crippen molar-refractivity contribution >= 4 is 16.9 Å². The monoisotopic (exact) mass is 252 g/mol. The van der Waals surface area contributed by atoms with Crippen LogP contribution in [-0.4, -0.2) is 24.0 Å². The molecule has 0 radical (unpaired) electrons. The molecular formula is C13H17FN2S. The molecule has 2 rings (SSSR count). The number of nitrogens with zero attached hydrogens (tertiary/aromatic N) is 1. The molecule has 0 aromatic heterocycles. The van der Waals surface area contributed by atoms with E-state index in [1.165, 1.54) is 6.07 Å². The molecule has 4 heteroatoms. The van der Waals surface area contributed by atoms with Crippen molar-refractivity contribution in [3.8, 4) is 0 Å². The van der Waals surface area contributed by atoms with E-state index >= 15 is 0 Å². The highest BCUT2D eigenvalue weighted by Crippen LogP contribution is 2.15. The highest BCUT2D eigenvalue weighted by molar-refractivity contribution is 8.13. The molecule has 2 nitrogen and oxygen atoms in total. The first kappa shape index (κ1) is 12.4. The Hall–Kier alpha value is -1.03. The lowest BCUT2D eigenvalue weighted by Crippen LogP contribution is -2.27. The van der Waals surface area contributed by atoms with E-state index in [1.54, 1.807) is 23.9 Å². The zero-order valence-corrected chi connectivity index (χ0v) is 10.8. The quantitative estimate of drug-likeness (QED) is 0.894. The first-order valence-electron chi connectivity index (χ1n) is 5.89. The van der Waals surface area contributed by atoms with E-state index in [1.807, 2.05) is 6.07 Å². The van der Waals surface area contributed by atoms with Gasteiger partial charge >= 0.3 is 0 Å². The van der Waals surface area contributed by atoms with Gasteiger partial charge in [-0.05, 0) is 30.0 Å². The number of thioether (sulfide) groups is 1. The van der Waals surface area contributed by atoms with Crippen LogP contribution in [0.4, 0.5) is 4.39 Å². The molecule has 1 N–H and O–H groups in total. The van der Waals surface area contributed by atoms with Gasteiger partial charge in [-0.2, -0.15) is 0 Å². The van der Waals surface area contributed by atoms with Crippen LogP contribution >= 0.6 is 11.8 Å². The number of nitrogens with one attached hydrogen (secondary N) is 1. The van der Waals surface area contributed by atoms with Gasteiger partial charge in [0, 0.05) is 18.8 Å². The van der Waals surface area contributed by atoms with Gasteiger partial charge in [0.25, 0.3) is 0 Å². The van der Waals surface area contributed by atoms with Gasteiger partial charge in [-0.15, -0.1) is 0 Å². The summed E-state index contributed by atoms with van der Waals surface area (Å²) < 4.78 is 12.9. The minimum absolute atomic E-state index is 0.166. The Balaban J connectivity index is 1.76. The third kappa shape index (κ3) is 4.04. The third-order valence-electron chi connectivity index (χ3n) is 2.63. The number of hydrogen-bond donors (Lipinski definition) is 1. The fourth-order valence-corrected chi connectivity index (χ4v) is 2.59. The van der Waals surface area contributed by atoms with Crippen molar-refractivity contribution in [3.05, 3.63) is 35.6 Å².